The SMILES string of the molecule is Clc1ccc(Cc2nc3ccc(Br)cc3[nH]2)cc1Cl. The normalized spacial score (nSPS) is 11.1. The third-order valence-electron chi connectivity index (χ3n) is 2.85. The Morgan fingerprint density at radius 1 is 1.05 bits per heavy atom. The zero-order valence-corrected chi connectivity index (χ0v) is 12.9. The Labute approximate surface area is 128 Å². The molecule has 0 aliphatic heterocycles. The molecule has 0 unspecified atom stereocenters. The highest BCUT2D eigenvalue weighted by atomic mass is 79.9. The summed E-state index contributed by atoms with van der Waals surface area (Å²) in [4.78, 5) is 7.85. The first kappa shape index (κ1) is 13.0. The molecule has 0 radical (unpaired) electrons. The molecule has 0 aliphatic carbocycles. The molecule has 0 atom stereocenters. The van der Waals surface area contributed by atoms with E-state index >= 15 is 0 Å². The molecule has 0 spiro atoms. The van der Waals surface area contributed by atoms with Crippen molar-refractivity contribution in [2.24, 2.45) is 0 Å². The number of rotatable bonds is 2. The van der Waals surface area contributed by atoms with Gasteiger partial charge in [0.05, 0.1) is 21.1 Å². The van der Waals surface area contributed by atoms with Gasteiger partial charge >= 0.3 is 0 Å². The van der Waals surface area contributed by atoms with Crippen LogP contribution in [0, 0.1) is 0 Å². The lowest BCUT2D eigenvalue weighted by atomic mass is 10.1. The molecule has 1 aromatic heterocycles. The van der Waals surface area contributed by atoms with Gasteiger partial charge in [-0.1, -0.05) is 45.2 Å². The molecule has 0 saturated heterocycles. The molecule has 0 fully saturated rings. The van der Waals surface area contributed by atoms with Gasteiger partial charge in [-0.05, 0) is 35.9 Å². The van der Waals surface area contributed by atoms with Crippen molar-refractivity contribution in [1.82, 2.24) is 9.97 Å². The molecule has 5 heteroatoms. The minimum Gasteiger partial charge on any atom is -0.342 e. The van der Waals surface area contributed by atoms with Crippen LogP contribution in [0.5, 0.6) is 0 Å². The zero-order valence-electron chi connectivity index (χ0n) is 9.75. The molecule has 1 heterocycles. The predicted molar refractivity (Wildman–Crippen MR) is 83.1 cm³/mol. The molecular weight excluding hydrogens is 347 g/mol. The Balaban J connectivity index is 1.94. The number of H-pyrrole nitrogens is 1. The molecule has 0 bridgehead atoms. The van der Waals surface area contributed by atoms with E-state index in [1.807, 2.05) is 30.3 Å². The lowest BCUT2D eigenvalue weighted by Gasteiger charge is -2.00. The number of hydrogen-bond acceptors (Lipinski definition) is 1. The largest absolute Gasteiger partial charge is 0.342 e. The van der Waals surface area contributed by atoms with Crippen molar-refractivity contribution in [1.29, 1.82) is 0 Å². The molecule has 3 rings (SSSR count). The molecule has 19 heavy (non-hydrogen) atoms. The standard InChI is InChI=1S/C14H9BrCl2N2/c15-9-2-4-12-13(7-9)19-14(18-12)6-8-1-3-10(16)11(17)5-8/h1-5,7H,6H2,(H,18,19). The van der Waals surface area contributed by atoms with Gasteiger partial charge in [-0.3, -0.25) is 0 Å². The first-order valence-electron chi connectivity index (χ1n) is 5.70. The highest BCUT2D eigenvalue weighted by Gasteiger charge is 2.06. The van der Waals surface area contributed by atoms with Crippen molar-refractivity contribution >= 4 is 50.2 Å². The fraction of sp³-hybridized carbons (Fsp3) is 0.0714. The third kappa shape index (κ3) is 2.78. The van der Waals surface area contributed by atoms with Gasteiger partial charge < -0.3 is 4.98 Å². The smallest absolute Gasteiger partial charge is 0.111 e. The molecule has 2 aromatic carbocycles. The molecule has 2 nitrogen and oxygen atoms in total. The molecule has 0 aliphatic rings. The van der Waals surface area contributed by atoms with Gasteiger partial charge in [0.15, 0.2) is 0 Å². The van der Waals surface area contributed by atoms with E-state index in [2.05, 4.69) is 25.9 Å². The monoisotopic (exact) mass is 354 g/mol. The van der Waals surface area contributed by atoms with E-state index in [0.717, 1.165) is 26.9 Å². The number of hydrogen-bond donors (Lipinski definition) is 1. The maximum atomic E-state index is 6.01. The van der Waals surface area contributed by atoms with Crippen LogP contribution < -0.4 is 0 Å². The highest BCUT2D eigenvalue weighted by Crippen LogP contribution is 2.24. The van der Waals surface area contributed by atoms with Gasteiger partial charge in [-0.25, -0.2) is 4.98 Å². The molecule has 96 valence electrons. The van der Waals surface area contributed by atoms with Crippen LogP contribution in [-0.4, -0.2) is 9.97 Å². The number of fused-ring (bicyclic) bond motifs is 1. The molecule has 0 saturated carbocycles. The second kappa shape index (κ2) is 5.16. The Kier molecular flexibility index (Phi) is 3.52. The summed E-state index contributed by atoms with van der Waals surface area (Å²) in [6.07, 6.45) is 0.698. The number of aromatic amines is 1. The van der Waals surface area contributed by atoms with Crippen LogP contribution >= 0.6 is 39.1 Å². The van der Waals surface area contributed by atoms with Gasteiger partial charge in [0, 0.05) is 10.9 Å². The van der Waals surface area contributed by atoms with E-state index < -0.39 is 0 Å². The lowest BCUT2D eigenvalue weighted by molar-refractivity contribution is 1.04. The van der Waals surface area contributed by atoms with Gasteiger partial charge in [-0.2, -0.15) is 0 Å². The van der Waals surface area contributed by atoms with Crippen LogP contribution in [0.3, 0.4) is 0 Å². The van der Waals surface area contributed by atoms with Crippen LogP contribution in [0.1, 0.15) is 11.4 Å². The van der Waals surface area contributed by atoms with E-state index in [0.29, 0.717) is 16.5 Å². The summed E-state index contributed by atoms with van der Waals surface area (Å²) < 4.78 is 1.03. The number of aromatic nitrogens is 2. The van der Waals surface area contributed by atoms with Gasteiger partial charge in [0.1, 0.15) is 5.82 Å². The van der Waals surface area contributed by atoms with Crippen LogP contribution in [-0.2, 0) is 6.42 Å². The second-order valence-corrected chi connectivity index (χ2v) is 6.00. The Morgan fingerprint density at radius 2 is 1.89 bits per heavy atom. The fourth-order valence-electron chi connectivity index (χ4n) is 1.96. The van der Waals surface area contributed by atoms with Crippen LogP contribution in [0.4, 0.5) is 0 Å². The maximum Gasteiger partial charge on any atom is 0.111 e. The summed E-state index contributed by atoms with van der Waals surface area (Å²) in [7, 11) is 0. The van der Waals surface area contributed by atoms with E-state index in [1.54, 1.807) is 6.07 Å². The lowest BCUT2D eigenvalue weighted by Crippen LogP contribution is -1.90. The second-order valence-electron chi connectivity index (χ2n) is 4.27. The number of benzene rings is 2. The first-order valence-corrected chi connectivity index (χ1v) is 7.25. The van der Waals surface area contributed by atoms with Crippen LogP contribution in [0.25, 0.3) is 11.0 Å². The van der Waals surface area contributed by atoms with Gasteiger partial charge in [0.25, 0.3) is 0 Å². The maximum absolute atomic E-state index is 6.01. The van der Waals surface area contributed by atoms with Crippen LogP contribution in [0.2, 0.25) is 10.0 Å². The van der Waals surface area contributed by atoms with Crippen molar-refractivity contribution in [3.05, 3.63) is 62.3 Å². The van der Waals surface area contributed by atoms with Crippen molar-refractivity contribution in [3.63, 3.8) is 0 Å². The van der Waals surface area contributed by atoms with Gasteiger partial charge in [0.2, 0.25) is 0 Å². The fourth-order valence-corrected chi connectivity index (χ4v) is 2.64. The summed E-state index contributed by atoms with van der Waals surface area (Å²) in [6.45, 7) is 0. The third-order valence-corrected chi connectivity index (χ3v) is 4.08. The summed E-state index contributed by atoms with van der Waals surface area (Å²) >= 11 is 15.4. The van der Waals surface area contributed by atoms with Crippen molar-refractivity contribution in [2.75, 3.05) is 0 Å². The van der Waals surface area contributed by atoms with Crippen LogP contribution in [0.15, 0.2) is 40.9 Å². The van der Waals surface area contributed by atoms with Crippen molar-refractivity contribution in [3.8, 4) is 0 Å². The highest BCUT2D eigenvalue weighted by molar-refractivity contribution is 9.10. The number of nitrogens with zero attached hydrogens (tertiary/aromatic N) is 1. The molecule has 0 amide bonds. The number of halogens is 3. The average molecular weight is 356 g/mol. The summed E-state index contributed by atoms with van der Waals surface area (Å²) in [5, 5.41) is 1.14. The Morgan fingerprint density at radius 3 is 2.68 bits per heavy atom. The minimum absolute atomic E-state index is 0.568. The summed E-state index contributed by atoms with van der Waals surface area (Å²) in [5.41, 5.74) is 3.05. The van der Waals surface area contributed by atoms with Crippen molar-refractivity contribution in [2.45, 2.75) is 6.42 Å². The average Bonchev–Trinajstić information content (AvgIpc) is 2.75. The van der Waals surface area contributed by atoms with Crippen molar-refractivity contribution < 1.29 is 0 Å². The quantitative estimate of drug-likeness (QED) is 0.670. The summed E-state index contributed by atoms with van der Waals surface area (Å²) in [6, 6.07) is 11.6. The van der Waals surface area contributed by atoms with E-state index in [4.69, 9.17) is 23.2 Å². The number of nitrogens with one attached hydrogen (secondary N) is 1. The molecular formula is C14H9BrCl2N2. The zero-order chi connectivity index (χ0) is 13.4. The Hall–Kier alpha value is -1.03. The van der Waals surface area contributed by atoms with E-state index in [1.165, 1.54) is 0 Å². The summed E-state index contributed by atoms with van der Waals surface area (Å²) in [5.74, 6) is 0.909. The van der Waals surface area contributed by atoms with Gasteiger partial charge in [-0.15, -0.1) is 0 Å². The van der Waals surface area contributed by atoms with E-state index in [9.17, 15) is 0 Å². The molecule has 1 N–H and O–H groups in total. The topological polar surface area (TPSA) is 28.7 Å². The minimum atomic E-state index is 0.568. The van der Waals surface area contributed by atoms with E-state index in [-0.39, 0.29) is 0 Å². The molecule has 3 aromatic rings. The predicted octanol–water partition coefficient (Wildman–Crippen LogP) is 5.22. The first-order chi connectivity index (χ1) is 9.11. The number of imidazole rings is 1. The Bertz CT molecular complexity index is 752.